The van der Waals surface area contributed by atoms with E-state index in [1.54, 1.807) is 7.11 Å². The van der Waals surface area contributed by atoms with Crippen LogP contribution in [0.5, 0.6) is 5.75 Å². The van der Waals surface area contributed by atoms with Crippen molar-refractivity contribution in [3.05, 3.63) is 35.0 Å². The third kappa shape index (κ3) is 3.22. The zero-order chi connectivity index (χ0) is 12.1. The van der Waals surface area contributed by atoms with Gasteiger partial charge < -0.3 is 9.94 Å². The second kappa shape index (κ2) is 5.71. The summed E-state index contributed by atoms with van der Waals surface area (Å²) in [4.78, 5) is 0. The van der Waals surface area contributed by atoms with Gasteiger partial charge in [0.25, 0.3) is 0 Å². The fourth-order valence-electron chi connectivity index (χ4n) is 2.22. The van der Waals surface area contributed by atoms with E-state index in [9.17, 15) is 5.21 Å². The van der Waals surface area contributed by atoms with E-state index >= 15 is 0 Å². The first-order valence-electron chi connectivity index (χ1n) is 6.22. The van der Waals surface area contributed by atoms with Crippen molar-refractivity contribution >= 4 is 5.71 Å². The molecule has 0 atom stereocenters. The fraction of sp³-hybridized carbons (Fsp3) is 0.500. The molecule has 2 rings (SSSR count). The number of benzene rings is 1. The highest BCUT2D eigenvalue weighted by molar-refractivity contribution is 5.80. The molecule has 3 heteroatoms. The largest absolute Gasteiger partial charge is 0.624 e. The lowest BCUT2D eigenvalue weighted by Gasteiger charge is -2.15. The van der Waals surface area contributed by atoms with Crippen LogP contribution >= 0.6 is 0 Å². The Balaban J connectivity index is 2.03. The monoisotopic (exact) mass is 233 g/mol. The molecule has 0 N–H and O–H groups in total. The highest BCUT2D eigenvalue weighted by Gasteiger charge is 2.14. The van der Waals surface area contributed by atoms with Crippen molar-refractivity contribution in [2.75, 3.05) is 7.11 Å². The van der Waals surface area contributed by atoms with Gasteiger partial charge in [-0.05, 0) is 37.1 Å². The molecule has 0 aromatic heterocycles. The van der Waals surface area contributed by atoms with Crippen molar-refractivity contribution < 1.29 is 9.48 Å². The van der Waals surface area contributed by atoms with Crippen LogP contribution in [-0.4, -0.2) is 17.6 Å². The summed E-state index contributed by atoms with van der Waals surface area (Å²) in [5, 5.41) is 12.0. The van der Waals surface area contributed by atoms with Crippen LogP contribution in [0.25, 0.3) is 0 Å². The molecule has 1 aliphatic rings. The molecule has 3 nitrogen and oxygen atoms in total. The Morgan fingerprint density at radius 3 is 2.35 bits per heavy atom. The Morgan fingerprint density at radius 2 is 1.76 bits per heavy atom. The minimum absolute atomic E-state index is 0.458. The van der Waals surface area contributed by atoms with Gasteiger partial charge in [-0.3, -0.25) is 0 Å². The Morgan fingerprint density at radius 1 is 1.12 bits per heavy atom. The van der Waals surface area contributed by atoms with E-state index in [0.29, 0.717) is 6.54 Å². The quantitative estimate of drug-likeness (QED) is 0.457. The lowest BCUT2D eigenvalue weighted by Crippen LogP contribution is -2.18. The Labute approximate surface area is 102 Å². The Hall–Kier alpha value is -1.51. The maximum Gasteiger partial charge on any atom is 0.178 e. The van der Waals surface area contributed by atoms with Gasteiger partial charge >= 0.3 is 0 Å². The summed E-state index contributed by atoms with van der Waals surface area (Å²) in [5.41, 5.74) is 2.10. The van der Waals surface area contributed by atoms with Crippen molar-refractivity contribution in [1.82, 2.24) is 0 Å². The molecule has 0 amide bonds. The smallest absolute Gasteiger partial charge is 0.178 e. The zero-order valence-corrected chi connectivity index (χ0v) is 10.3. The lowest BCUT2D eigenvalue weighted by molar-refractivity contribution is -0.477. The molecule has 0 bridgehead atoms. The maximum atomic E-state index is 12.0. The molecule has 1 aromatic rings. The van der Waals surface area contributed by atoms with E-state index in [2.05, 4.69) is 0 Å². The zero-order valence-electron chi connectivity index (χ0n) is 10.3. The molecule has 0 saturated heterocycles. The second-order valence-corrected chi connectivity index (χ2v) is 4.51. The van der Waals surface area contributed by atoms with Gasteiger partial charge in [0.05, 0.1) is 7.11 Å². The number of rotatable bonds is 3. The van der Waals surface area contributed by atoms with Crippen LogP contribution in [0.1, 0.15) is 37.7 Å². The van der Waals surface area contributed by atoms with Crippen LogP contribution in [0.15, 0.2) is 24.3 Å². The van der Waals surface area contributed by atoms with Crippen LogP contribution < -0.4 is 4.74 Å². The summed E-state index contributed by atoms with van der Waals surface area (Å²) in [6.45, 7) is 0.458. The van der Waals surface area contributed by atoms with Gasteiger partial charge in [-0.2, -0.15) is 0 Å². The summed E-state index contributed by atoms with van der Waals surface area (Å²) in [6.07, 6.45) is 5.53. The van der Waals surface area contributed by atoms with Crippen molar-refractivity contribution in [2.45, 2.75) is 38.6 Å². The summed E-state index contributed by atoms with van der Waals surface area (Å²) >= 11 is 0. The predicted molar refractivity (Wildman–Crippen MR) is 68.4 cm³/mol. The Kier molecular flexibility index (Phi) is 4.02. The molecule has 0 spiro atoms. The van der Waals surface area contributed by atoms with Crippen LogP contribution in [0.2, 0.25) is 0 Å². The molecule has 1 saturated carbocycles. The topological polar surface area (TPSA) is 35.3 Å². The number of ether oxygens (including phenoxy) is 1. The average molecular weight is 233 g/mol. The third-order valence-electron chi connectivity index (χ3n) is 3.27. The van der Waals surface area contributed by atoms with Gasteiger partial charge in [-0.1, -0.05) is 6.42 Å². The minimum Gasteiger partial charge on any atom is -0.624 e. The number of hydroxylamine groups is 1. The van der Waals surface area contributed by atoms with Gasteiger partial charge in [0.15, 0.2) is 12.3 Å². The molecule has 0 heterocycles. The number of methoxy groups -OCH3 is 1. The van der Waals surface area contributed by atoms with Crippen molar-refractivity contribution in [2.24, 2.45) is 0 Å². The minimum atomic E-state index is 0.458. The van der Waals surface area contributed by atoms with Gasteiger partial charge in [0.1, 0.15) is 5.75 Å². The molecule has 1 aromatic carbocycles. The van der Waals surface area contributed by atoms with E-state index in [0.717, 1.165) is 42.7 Å². The molecule has 0 unspecified atom stereocenters. The van der Waals surface area contributed by atoms with Gasteiger partial charge in [-0.25, -0.2) is 4.74 Å². The molecule has 1 aliphatic carbocycles. The van der Waals surface area contributed by atoms with E-state index in [1.165, 1.54) is 11.2 Å². The number of nitrogens with zero attached hydrogens (tertiary/aromatic N) is 1. The lowest BCUT2D eigenvalue weighted by atomic mass is 9.98. The first kappa shape index (κ1) is 12.0. The van der Waals surface area contributed by atoms with Gasteiger partial charge in [-0.15, -0.1) is 0 Å². The SMILES string of the molecule is COc1ccc(C[N+]([O-])=C2CCCCC2)cc1. The summed E-state index contributed by atoms with van der Waals surface area (Å²) in [5.74, 6) is 0.830. The third-order valence-corrected chi connectivity index (χ3v) is 3.27. The molecule has 0 radical (unpaired) electrons. The maximum absolute atomic E-state index is 12.0. The molecule has 92 valence electrons. The first-order valence-corrected chi connectivity index (χ1v) is 6.22. The standard InChI is InChI=1S/C14H19NO2/c1-17-14-9-7-12(8-10-14)11-15(16)13-5-3-2-4-6-13/h7-10H,2-6,11H2,1H3. The molecule has 0 aliphatic heterocycles. The average Bonchev–Trinajstić information content (AvgIpc) is 2.40. The van der Waals surface area contributed by atoms with E-state index in [1.807, 2.05) is 24.3 Å². The molecule has 17 heavy (non-hydrogen) atoms. The van der Waals surface area contributed by atoms with Crippen molar-refractivity contribution in [3.63, 3.8) is 0 Å². The van der Waals surface area contributed by atoms with Crippen molar-refractivity contribution in [1.29, 1.82) is 0 Å². The van der Waals surface area contributed by atoms with Crippen LogP contribution in [0.3, 0.4) is 0 Å². The fourth-order valence-corrected chi connectivity index (χ4v) is 2.22. The molecule has 1 fully saturated rings. The van der Waals surface area contributed by atoms with Crippen LogP contribution in [0, 0.1) is 5.21 Å². The second-order valence-electron chi connectivity index (χ2n) is 4.51. The van der Waals surface area contributed by atoms with Crippen LogP contribution in [-0.2, 0) is 6.54 Å². The number of hydrogen-bond donors (Lipinski definition) is 0. The van der Waals surface area contributed by atoms with Crippen molar-refractivity contribution in [3.8, 4) is 5.75 Å². The summed E-state index contributed by atoms with van der Waals surface area (Å²) in [7, 11) is 1.65. The molecular weight excluding hydrogens is 214 g/mol. The van der Waals surface area contributed by atoms with Crippen LogP contribution in [0.4, 0.5) is 0 Å². The highest BCUT2D eigenvalue weighted by Crippen LogP contribution is 2.16. The number of hydrogen-bond acceptors (Lipinski definition) is 2. The normalized spacial score (nSPS) is 15.7. The van der Waals surface area contributed by atoms with E-state index in [4.69, 9.17) is 4.74 Å². The van der Waals surface area contributed by atoms with Gasteiger partial charge in [0.2, 0.25) is 0 Å². The first-order chi connectivity index (χ1) is 8.29. The predicted octanol–water partition coefficient (Wildman–Crippen LogP) is 3.11. The van der Waals surface area contributed by atoms with E-state index in [-0.39, 0.29) is 0 Å². The summed E-state index contributed by atoms with van der Waals surface area (Å²) < 4.78 is 6.26. The van der Waals surface area contributed by atoms with Gasteiger partial charge in [0, 0.05) is 18.4 Å². The van der Waals surface area contributed by atoms with E-state index < -0.39 is 0 Å². The Bertz CT molecular complexity index is 387. The summed E-state index contributed by atoms with van der Waals surface area (Å²) in [6, 6.07) is 7.70. The molecular formula is C14H19NO2. The highest BCUT2D eigenvalue weighted by atomic mass is 16.5.